The van der Waals surface area contributed by atoms with E-state index in [1.165, 1.54) is 33.9 Å². The second-order valence-electron chi connectivity index (χ2n) is 12.1. The van der Waals surface area contributed by atoms with Gasteiger partial charge in [0.25, 0.3) is 11.8 Å². The minimum Gasteiger partial charge on any atom is -1.00 e. The van der Waals surface area contributed by atoms with Gasteiger partial charge in [-0.15, -0.1) is 5.06 Å². The van der Waals surface area contributed by atoms with Crippen LogP contribution in [0.15, 0.2) is 72.5 Å². The molecule has 7 nitrogen and oxygen atoms in total. The number of fused-ring (bicyclic) bond motifs is 2. The maximum atomic E-state index is 12.2. The van der Waals surface area contributed by atoms with Crippen molar-refractivity contribution in [2.75, 3.05) is 18.5 Å². The normalized spacial score (nSPS) is 19.5. The third-order valence-electron chi connectivity index (χ3n) is 8.71. The molecule has 2 aromatic carbocycles. The predicted octanol–water partition coefficient (Wildman–Crippen LogP) is 3.10. The Kier molecular flexibility index (Phi) is 9.12. The number of allylic oxidation sites excluding steroid dienone is 4. The predicted molar refractivity (Wildman–Crippen MR) is 160 cm³/mol. The maximum Gasteiger partial charge on any atom is 0.333 e. The summed E-state index contributed by atoms with van der Waals surface area (Å²) in [6, 6.07) is 17.2. The Bertz CT molecular complexity index is 1470. The van der Waals surface area contributed by atoms with E-state index >= 15 is 0 Å². The molecule has 0 spiro atoms. The lowest BCUT2D eigenvalue weighted by Gasteiger charge is -2.27. The van der Waals surface area contributed by atoms with Gasteiger partial charge in [0.1, 0.15) is 7.05 Å². The van der Waals surface area contributed by atoms with Crippen molar-refractivity contribution in [3.8, 4) is 0 Å². The van der Waals surface area contributed by atoms with E-state index in [1.807, 2.05) is 0 Å². The average Bonchev–Trinajstić information content (AvgIpc) is 3.45. The number of imide groups is 1. The molecule has 222 valence electrons. The summed E-state index contributed by atoms with van der Waals surface area (Å²) in [4.78, 5) is 43.0. The number of amides is 2. The van der Waals surface area contributed by atoms with Crippen molar-refractivity contribution in [2.45, 2.75) is 77.0 Å². The fourth-order valence-electron chi connectivity index (χ4n) is 6.44. The van der Waals surface area contributed by atoms with Crippen molar-refractivity contribution in [1.82, 2.24) is 5.06 Å². The first-order valence-electron chi connectivity index (χ1n) is 14.6. The molecule has 0 aromatic heterocycles. The number of unbranched alkanes of at least 4 members (excludes halogenated alkanes) is 2. The highest BCUT2D eigenvalue weighted by Crippen LogP contribution is 2.47. The topological polar surface area (TPSA) is 69.9 Å². The molecule has 0 atom stereocenters. The lowest BCUT2D eigenvalue weighted by atomic mass is 9.81. The second-order valence-corrected chi connectivity index (χ2v) is 12.1. The fraction of sp³-hybridized carbons (Fsp3) is 0.412. The van der Waals surface area contributed by atoms with Gasteiger partial charge in [0.05, 0.1) is 5.41 Å². The molecule has 42 heavy (non-hydrogen) atoms. The molecule has 0 radical (unpaired) electrons. The van der Waals surface area contributed by atoms with Gasteiger partial charge in [0.15, 0.2) is 5.71 Å². The Morgan fingerprint density at radius 1 is 0.905 bits per heavy atom. The number of rotatable bonds is 9. The number of hydroxylamine groups is 2. The molecule has 0 unspecified atom stereocenters. The Morgan fingerprint density at radius 2 is 1.55 bits per heavy atom. The number of nitrogens with zero attached hydrogens (tertiary/aromatic N) is 3. The first-order chi connectivity index (χ1) is 19.5. The molecule has 0 N–H and O–H groups in total. The summed E-state index contributed by atoms with van der Waals surface area (Å²) in [6.45, 7) is 9.93. The standard InChI is InChI=1S/C34H40N3O4.ClH/c1-33(2)24-14-8-10-16-26(24)35(5)28(33)18-13-19-29-34(3,4)25-15-9-11-17-27(25)36(29)23-12-6-7-20-32(40)41-37-30(38)21-22-31(37)39;/h8-11,13-19H,6-7,12,20-23H2,1-5H3;1H/q+1;/p-1. The molecule has 3 aliphatic rings. The first-order valence-corrected chi connectivity index (χ1v) is 14.6. The summed E-state index contributed by atoms with van der Waals surface area (Å²) in [5.74, 6) is -1.43. The summed E-state index contributed by atoms with van der Waals surface area (Å²) >= 11 is 0. The van der Waals surface area contributed by atoms with Gasteiger partial charge in [-0.2, -0.15) is 4.58 Å². The van der Waals surface area contributed by atoms with Crippen molar-refractivity contribution in [3.05, 3.63) is 83.6 Å². The van der Waals surface area contributed by atoms with Crippen LogP contribution < -0.4 is 17.3 Å². The quantitative estimate of drug-likeness (QED) is 0.255. The third-order valence-corrected chi connectivity index (χ3v) is 8.71. The van der Waals surface area contributed by atoms with Crippen LogP contribution in [0.25, 0.3) is 0 Å². The second kappa shape index (κ2) is 12.3. The highest BCUT2D eigenvalue weighted by atomic mass is 35.5. The van der Waals surface area contributed by atoms with Gasteiger partial charge < -0.3 is 22.1 Å². The number of anilines is 1. The molecule has 5 rings (SSSR count). The molecule has 2 aromatic rings. The van der Waals surface area contributed by atoms with Gasteiger partial charge in [-0.1, -0.05) is 62.7 Å². The minimum atomic E-state index is -0.536. The van der Waals surface area contributed by atoms with Crippen LogP contribution in [0.5, 0.6) is 0 Å². The van der Waals surface area contributed by atoms with E-state index in [1.54, 1.807) is 0 Å². The van der Waals surface area contributed by atoms with Gasteiger partial charge in [-0.3, -0.25) is 9.59 Å². The minimum absolute atomic E-state index is 0. The van der Waals surface area contributed by atoms with Gasteiger partial charge in [0.2, 0.25) is 5.69 Å². The summed E-state index contributed by atoms with van der Waals surface area (Å²) in [5.41, 5.74) is 7.41. The van der Waals surface area contributed by atoms with Crippen molar-refractivity contribution in [3.63, 3.8) is 0 Å². The zero-order chi connectivity index (χ0) is 29.4. The van der Waals surface area contributed by atoms with Crippen LogP contribution >= 0.6 is 0 Å². The molecule has 3 aliphatic heterocycles. The Hall–Kier alpha value is -3.71. The molecule has 0 bridgehead atoms. The lowest BCUT2D eigenvalue weighted by Crippen LogP contribution is -3.00. The van der Waals surface area contributed by atoms with Gasteiger partial charge in [-0.25, -0.2) is 4.79 Å². The molecular formula is C34H40ClN3O4. The van der Waals surface area contributed by atoms with E-state index < -0.39 is 17.8 Å². The summed E-state index contributed by atoms with van der Waals surface area (Å²) in [5, 5.41) is 0.623. The number of carbonyl (C=O) groups is 3. The Balaban J connectivity index is 0.00000405. The number of carbonyl (C=O) groups excluding carboxylic acids is 3. The molecule has 0 saturated carbocycles. The van der Waals surface area contributed by atoms with E-state index in [0.29, 0.717) is 11.5 Å². The highest BCUT2D eigenvalue weighted by molar-refractivity contribution is 6.03. The summed E-state index contributed by atoms with van der Waals surface area (Å²) in [6.07, 6.45) is 9.41. The molecular weight excluding hydrogens is 550 g/mol. The number of hydrogen-bond donors (Lipinski definition) is 0. The lowest BCUT2D eigenvalue weighted by molar-refractivity contribution is -0.401. The van der Waals surface area contributed by atoms with Crippen LogP contribution in [0.1, 0.15) is 77.3 Å². The van der Waals surface area contributed by atoms with E-state index in [9.17, 15) is 14.4 Å². The Labute approximate surface area is 254 Å². The SMILES string of the molecule is C[N+]1=C(/C=C/C=C2/N(CCCCCC(=O)ON3C(=O)CCC3=O)c3ccccc3C2(C)C)C(C)(C)c2ccccc21.[Cl-]. The average molecular weight is 590 g/mol. The Morgan fingerprint density at radius 3 is 2.24 bits per heavy atom. The maximum absolute atomic E-state index is 12.2. The molecule has 0 aliphatic carbocycles. The molecule has 1 saturated heterocycles. The highest BCUT2D eigenvalue weighted by Gasteiger charge is 2.43. The van der Waals surface area contributed by atoms with Crippen molar-refractivity contribution in [2.24, 2.45) is 0 Å². The van der Waals surface area contributed by atoms with E-state index in [2.05, 4.69) is 111 Å². The van der Waals surface area contributed by atoms with Crippen molar-refractivity contribution < 1.29 is 36.2 Å². The third kappa shape index (κ3) is 5.67. The zero-order valence-corrected chi connectivity index (χ0v) is 25.9. The van der Waals surface area contributed by atoms with Crippen LogP contribution in [0.2, 0.25) is 0 Å². The van der Waals surface area contributed by atoms with Crippen molar-refractivity contribution >= 4 is 34.9 Å². The molecule has 1 fully saturated rings. The molecule has 3 heterocycles. The molecule has 8 heteroatoms. The van der Waals surface area contributed by atoms with Crippen LogP contribution in [-0.4, -0.2) is 46.7 Å². The van der Waals surface area contributed by atoms with Gasteiger partial charge in [0, 0.05) is 60.3 Å². The molecule has 2 amide bonds. The fourth-order valence-corrected chi connectivity index (χ4v) is 6.44. The van der Waals surface area contributed by atoms with Gasteiger partial charge >= 0.3 is 5.97 Å². The van der Waals surface area contributed by atoms with E-state index in [-0.39, 0.29) is 42.5 Å². The number of halogens is 1. The number of para-hydroxylation sites is 2. The van der Waals surface area contributed by atoms with Crippen LogP contribution in [0.3, 0.4) is 0 Å². The van der Waals surface area contributed by atoms with Crippen molar-refractivity contribution in [1.29, 1.82) is 0 Å². The van der Waals surface area contributed by atoms with Crippen LogP contribution in [0, 0.1) is 0 Å². The van der Waals surface area contributed by atoms with Crippen LogP contribution in [-0.2, 0) is 30.1 Å². The van der Waals surface area contributed by atoms with Gasteiger partial charge in [-0.05, 0) is 44.4 Å². The summed E-state index contributed by atoms with van der Waals surface area (Å²) < 4.78 is 2.29. The number of hydrogen-bond acceptors (Lipinski definition) is 5. The van der Waals surface area contributed by atoms with E-state index in [4.69, 9.17) is 4.84 Å². The number of benzene rings is 2. The monoisotopic (exact) mass is 589 g/mol. The summed E-state index contributed by atoms with van der Waals surface area (Å²) in [7, 11) is 2.14. The van der Waals surface area contributed by atoms with Crippen LogP contribution in [0.4, 0.5) is 11.4 Å². The largest absolute Gasteiger partial charge is 1.00 e. The smallest absolute Gasteiger partial charge is 0.333 e. The zero-order valence-electron chi connectivity index (χ0n) is 25.2. The first kappa shape index (κ1) is 31.2. The van der Waals surface area contributed by atoms with E-state index in [0.717, 1.165) is 19.4 Å².